The molecule has 1 saturated carbocycles. The normalized spacial score (nSPS) is 24.6. The van der Waals surface area contributed by atoms with E-state index in [2.05, 4.69) is 37.2 Å². The molecule has 13 rings (SSSR count). The van der Waals surface area contributed by atoms with Crippen LogP contribution in [0.5, 0.6) is 11.8 Å². The Morgan fingerprint density at radius 1 is 0.864 bits per heavy atom. The van der Waals surface area contributed by atoms with Gasteiger partial charge in [0.25, 0.3) is 5.92 Å². The van der Waals surface area contributed by atoms with Crippen LogP contribution >= 0.6 is 0 Å². The number of fused-ring (bicyclic) bond motifs is 4. The first-order chi connectivity index (χ1) is 39.0. The second kappa shape index (κ2) is 20.5. The topological polar surface area (TPSA) is 180 Å². The quantitative estimate of drug-likeness (QED) is 0.0929. The number of pyridine rings is 1. The maximum Gasteiger partial charge on any atom is 0.409 e. The van der Waals surface area contributed by atoms with Gasteiger partial charge in [-0.15, -0.1) is 0 Å². The number of carbonyl (C=O) groups is 3. The van der Waals surface area contributed by atoms with Crippen molar-refractivity contribution in [1.82, 2.24) is 44.1 Å². The Hall–Kier alpha value is -6.87. The van der Waals surface area contributed by atoms with Crippen molar-refractivity contribution in [2.24, 2.45) is 12.5 Å². The summed E-state index contributed by atoms with van der Waals surface area (Å²) in [4.78, 5) is 73.9. The molecule has 81 heavy (non-hydrogen) atoms. The van der Waals surface area contributed by atoms with E-state index in [0.29, 0.717) is 59.7 Å². The molecule has 1 aliphatic carbocycles. The molecule has 6 saturated heterocycles. The number of alkyl halides is 2. The average molecular weight is 1120 g/mol. The summed E-state index contributed by atoms with van der Waals surface area (Å²) < 4.78 is 77.0. The number of benzene rings is 3. The first-order valence-corrected chi connectivity index (χ1v) is 29.0. The molecule has 6 aromatic rings. The summed E-state index contributed by atoms with van der Waals surface area (Å²) in [6, 6.07) is 11.5. The fraction of sp³-hybridized carbons (Fsp3) is 0.550. The minimum Gasteiger partial charge on any atom is -0.508 e. The van der Waals surface area contributed by atoms with Crippen LogP contribution in [0.4, 0.5) is 28.2 Å². The van der Waals surface area contributed by atoms with Gasteiger partial charge in [-0.2, -0.15) is 9.97 Å². The van der Waals surface area contributed by atoms with Crippen molar-refractivity contribution in [3.8, 4) is 23.0 Å². The predicted molar refractivity (Wildman–Crippen MR) is 295 cm³/mol. The van der Waals surface area contributed by atoms with Gasteiger partial charge in [0.05, 0.1) is 22.0 Å². The molecule has 1 spiro atoms. The zero-order valence-electron chi connectivity index (χ0n) is 45.8. The number of phenolic OH excluding ortho intramolecular Hbond substituents is 1. The van der Waals surface area contributed by atoms with Gasteiger partial charge in [-0.25, -0.2) is 27.2 Å². The molecule has 9 heterocycles. The molecule has 428 valence electrons. The van der Waals surface area contributed by atoms with Gasteiger partial charge in [0, 0.05) is 76.3 Å². The lowest BCUT2D eigenvalue weighted by Crippen LogP contribution is -2.56. The largest absolute Gasteiger partial charge is 0.508 e. The van der Waals surface area contributed by atoms with Gasteiger partial charge < -0.3 is 29.3 Å². The fourth-order valence-electron chi connectivity index (χ4n) is 15.1. The van der Waals surface area contributed by atoms with E-state index in [1.807, 2.05) is 11.0 Å². The van der Waals surface area contributed by atoms with Crippen LogP contribution in [0, 0.1) is 17.0 Å². The number of piperidine rings is 4. The second-order valence-corrected chi connectivity index (χ2v) is 24.2. The van der Waals surface area contributed by atoms with Crippen molar-refractivity contribution in [3.05, 3.63) is 81.9 Å². The standard InChI is InChI=1S/C60H68F4N10O7/c1-3-41-44(61)7-5-37-27-40(75)29-42(49(37)41)51-50(62)52-43(32-65-51)53(71-25-18-60(63,64)19-26-71)68-55(67-52)81-34-59-14-4-20-73(59)38(11-15-59)33-80-57(79)72-23-16-58(17-24-72)30-39(31-58)70-21-12-35(13-22-70)36-6-8-45-47(28-36)69(2)56(78)74(45)46-9-10-48(76)66-54(46)77/h5-8,27-29,32,35,38-39,46,75H,3-4,9-26,30-31,33-34H2,1-2H3,(H,66,76,77)/t38-,46?,59-/m0/s1. The highest BCUT2D eigenvalue weighted by molar-refractivity contribution is 6.02. The zero-order valence-corrected chi connectivity index (χ0v) is 45.8. The summed E-state index contributed by atoms with van der Waals surface area (Å²) in [6.07, 6.45) is 10.5. The summed E-state index contributed by atoms with van der Waals surface area (Å²) in [5, 5.41) is 14.3. The van der Waals surface area contributed by atoms with Crippen molar-refractivity contribution >= 4 is 56.4 Å². The van der Waals surface area contributed by atoms with E-state index in [0.717, 1.165) is 89.4 Å². The van der Waals surface area contributed by atoms with Crippen molar-refractivity contribution in [2.75, 3.05) is 63.9 Å². The third-order valence-electron chi connectivity index (χ3n) is 19.7. The molecule has 7 aliphatic rings. The molecule has 3 atom stereocenters. The maximum atomic E-state index is 17.2. The van der Waals surface area contributed by atoms with Gasteiger partial charge in [-0.1, -0.05) is 19.1 Å². The number of anilines is 1. The average Bonchev–Trinajstić information content (AvgIpc) is 4.32. The highest BCUT2D eigenvalue weighted by Crippen LogP contribution is 2.52. The van der Waals surface area contributed by atoms with Crippen LogP contribution in [0.15, 0.2) is 53.5 Å². The Kier molecular flexibility index (Phi) is 13.5. The van der Waals surface area contributed by atoms with Crippen LogP contribution in [0.3, 0.4) is 0 Å². The Labute approximate surface area is 465 Å². The number of carbonyl (C=O) groups excluding carboxylic acids is 3. The molecule has 3 amide bonds. The van der Waals surface area contributed by atoms with Crippen molar-refractivity contribution in [2.45, 2.75) is 139 Å². The highest BCUT2D eigenvalue weighted by atomic mass is 19.3. The Balaban J connectivity index is 0.622. The molecular weight excluding hydrogens is 1050 g/mol. The molecule has 3 aromatic carbocycles. The monoisotopic (exact) mass is 1120 g/mol. The van der Waals surface area contributed by atoms with Crippen LogP contribution in [-0.4, -0.2) is 144 Å². The number of aromatic nitrogens is 5. The van der Waals surface area contributed by atoms with Crippen LogP contribution in [0.2, 0.25) is 0 Å². The Morgan fingerprint density at radius 3 is 2.40 bits per heavy atom. The molecule has 7 fully saturated rings. The van der Waals surface area contributed by atoms with Gasteiger partial charge in [-0.05, 0) is 160 Å². The molecule has 0 radical (unpaired) electrons. The van der Waals surface area contributed by atoms with Crippen molar-refractivity contribution in [1.29, 1.82) is 0 Å². The van der Waals surface area contributed by atoms with Crippen molar-refractivity contribution in [3.63, 3.8) is 0 Å². The first kappa shape index (κ1) is 53.4. The highest BCUT2D eigenvalue weighted by Gasteiger charge is 2.52. The number of aromatic hydroxyl groups is 1. The third-order valence-corrected chi connectivity index (χ3v) is 19.7. The molecular formula is C60H68F4N10O7. The van der Waals surface area contributed by atoms with E-state index in [4.69, 9.17) is 14.5 Å². The lowest BCUT2D eigenvalue weighted by Gasteiger charge is -2.56. The van der Waals surface area contributed by atoms with Crippen LogP contribution in [0.25, 0.3) is 44.0 Å². The number of nitrogens with one attached hydrogen (secondary N) is 1. The number of rotatable bonds is 11. The van der Waals surface area contributed by atoms with Crippen molar-refractivity contribution < 1.29 is 46.5 Å². The SMILES string of the molecule is CCc1c(F)ccc2cc(O)cc(-c3ncc4c(N5CCC(F)(F)CC5)nc(OC[C@@]56CCCN5[C@H](COC(=O)N5CCC7(CC5)CC(N5CCC(c8ccc9c(c8)n(C)c(=O)n9C8CCC(=O)NC8=O)CC5)C7)CC6)nc4c3F)c12. The van der Waals surface area contributed by atoms with E-state index >= 15 is 8.78 Å². The minimum absolute atomic E-state index is 0.0274. The molecule has 0 bridgehead atoms. The van der Waals surface area contributed by atoms with Gasteiger partial charge in [0.15, 0.2) is 5.82 Å². The molecule has 2 N–H and O–H groups in total. The summed E-state index contributed by atoms with van der Waals surface area (Å²) in [7, 11) is 1.74. The van der Waals surface area contributed by atoms with E-state index < -0.39 is 47.9 Å². The number of phenols is 1. The van der Waals surface area contributed by atoms with E-state index in [1.54, 1.807) is 23.4 Å². The number of likely N-dealkylation sites (tertiary alicyclic amines) is 2. The number of amides is 3. The van der Waals surface area contributed by atoms with Gasteiger partial charge in [0.1, 0.15) is 47.9 Å². The molecule has 3 aromatic heterocycles. The van der Waals surface area contributed by atoms with Crippen LogP contribution < -0.4 is 20.6 Å². The van der Waals surface area contributed by atoms with E-state index in [9.17, 15) is 33.1 Å². The number of hydrogen-bond acceptors (Lipinski definition) is 13. The zero-order chi connectivity index (χ0) is 56.1. The number of imide groups is 1. The van der Waals surface area contributed by atoms with E-state index in [-0.39, 0.29) is 102 Å². The van der Waals surface area contributed by atoms with E-state index in [1.165, 1.54) is 40.6 Å². The molecule has 6 aliphatic heterocycles. The van der Waals surface area contributed by atoms with Crippen LogP contribution in [0.1, 0.15) is 120 Å². The molecule has 1 unspecified atom stereocenters. The number of ether oxygens (including phenoxy) is 2. The first-order valence-electron chi connectivity index (χ1n) is 29.0. The number of aryl methyl sites for hydroxylation is 2. The summed E-state index contributed by atoms with van der Waals surface area (Å²) in [5.74, 6) is -4.47. The lowest BCUT2D eigenvalue weighted by molar-refractivity contribution is -0.135. The minimum atomic E-state index is -2.85. The predicted octanol–water partition coefficient (Wildman–Crippen LogP) is 8.89. The van der Waals surface area contributed by atoms with Gasteiger partial charge in [-0.3, -0.25) is 33.9 Å². The molecule has 21 heteroatoms. The number of halogens is 4. The number of imidazole rings is 1. The summed E-state index contributed by atoms with van der Waals surface area (Å²) in [5.41, 5.74) is 2.48. The third kappa shape index (κ3) is 9.52. The van der Waals surface area contributed by atoms with Gasteiger partial charge >= 0.3 is 17.8 Å². The Morgan fingerprint density at radius 2 is 1.64 bits per heavy atom. The fourth-order valence-corrected chi connectivity index (χ4v) is 15.1. The number of hydrogen-bond donors (Lipinski definition) is 2. The lowest BCUT2D eigenvalue weighted by atomic mass is 9.59. The Bertz CT molecular complexity index is 3560. The number of nitrogens with zero attached hydrogens (tertiary/aromatic N) is 9. The maximum absolute atomic E-state index is 17.2. The molecule has 17 nitrogen and oxygen atoms in total. The summed E-state index contributed by atoms with van der Waals surface area (Å²) in [6.45, 7) is 6.24. The second-order valence-electron chi connectivity index (χ2n) is 24.2. The summed E-state index contributed by atoms with van der Waals surface area (Å²) >= 11 is 0. The smallest absolute Gasteiger partial charge is 0.409 e. The van der Waals surface area contributed by atoms with Gasteiger partial charge in [0.2, 0.25) is 11.8 Å². The van der Waals surface area contributed by atoms with Crippen LogP contribution in [-0.2, 0) is 27.8 Å².